The van der Waals surface area contributed by atoms with Crippen LogP contribution in [0.2, 0.25) is 0 Å². The van der Waals surface area contributed by atoms with Gasteiger partial charge < -0.3 is 15.5 Å². The Kier molecular flexibility index (Phi) is 4.13. The van der Waals surface area contributed by atoms with Gasteiger partial charge in [0.15, 0.2) is 0 Å². The molecule has 142 valence electrons. The zero-order chi connectivity index (χ0) is 19.2. The monoisotopic (exact) mass is 370 g/mol. The zero-order valence-electron chi connectivity index (χ0n) is 15.2. The van der Waals surface area contributed by atoms with Crippen molar-refractivity contribution in [1.29, 1.82) is 0 Å². The van der Waals surface area contributed by atoms with Crippen molar-refractivity contribution in [2.45, 2.75) is 38.1 Å². The Hall–Kier alpha value is -2.90. The third-order valence-corrected chi connectivity index (χ3v) is 5.54. The van der Waals surface area contributed by atoms with Gasteiger partial charge in [0, 0.05) is 13.0 Å². The second-order valence-electron chi connectivity index (χ2n) is 7.51. The molecule has 2 N–H and O–H groups in total. The first-order valence-corrected chi connectivity index (χ1v) is 9.23. The fourth-order valence-electron chi connectivity index (χ4n) is 3.85. The van der Waals surface area contributed by atoms with Crippen molar-refractivity contribution in [3.63, 3.8) is 0 Å². The molecule has 5 amide bonds. The van der Waals surface area contributed by atoms with E-state index in [9.17, 15) is 19.2 Å². The predicted molar refractivity (Wildman–Crippen MR) is 98.0 cm³/mol. The number of hydrogen-bond donors (Lipinski definition) is 2. The van der Waals surface area contributed by atoms with Crippen molar-refractivity contribution in [2.24, 2.45) is 5.92 Å². The van der Waals surface area contributed by atoms with Crippen molar-refractivity contribution in [1.82, 2.24) is 10.2 Å². The molecule has 2 aliphatic heterocycles. The fourth-order valence-corrected chi connectivity index (χ4v) is 3.85. The van der Waals surface area contributed by atoms with Crippen molar-refractivity contribution in [3.05, 3.63) is 24.3 Å². The van der Waals surface area contributed by atoms with Crippen LogP contribution in [0.4, 0.5) is 16.2 Å². The van der Waals surface area contributed by atoms with E-state index in [2.05, 4.69) is 10.6 Å². The molecule has 0 bridgehead atoms. The van der Waals surface area contributed by atoms with Gasteiger partial charge in [-0.3, -0.25) is 19.3 Å². The molecule has 0 aromatic heterocycles. The summed E-state index contributed by atoms with van der Waals surface area (Å²) in [5.74, 6) is -0.666. The van der Waals surface area contributed by atoms with Gasteiger partial charge in [-0.2, -0.15) is 0 Å². The van der Waals surface area contributed by atoms with Crippen LogP contribution in [0.25, 0.3) is 0 Å². The number of rotatable bonds is 5. The number of urea groups is 1. The molecular formula is C19H22N4O4. The third-order valence-electron chi connectivity index (χ3n) is 5.54. The minimum atomic E-state index is -0.906. The molecule has 8 heteroatoms. The molecule has 1 aromatic carbocycles. The number of anilines is 2. The van der Waals surface area contributed by atoms with Crippen LogP contribution in [-0.4, -0.2) is 47.3 Å². The number of hydrogen-bond acceptors (Lipinski definition) is 4. The number of nitrogens with zero attached hydrogens (tertiary/aromatic N) is 2. The summed E-state index contributed by atoms with van der Waals surface area (Å²) in [7, 11) is 0. The minimum absolute atomic E-state index is 0.0194. The van der Waals surface area contributed by atoms with E-state index < -0.39 is 17.5 Å². The van der Waals surface area contributed by atoms with E-state index in [0.29, 0.717) is 24.3 Å². The van der Waals surface area contributed by atoms with Crippen LogP contribution >= 0.6 is 0 Å². The molecule has 1 unspecified atom stereocenters. The molecule has 1 aliphatic carbocycles. The molecule has 1 aromatic rings. The van der Waals surface area contributed by atoms with Gasteiger partial charge in [-0.05, 0) is 44.2 Å². The fraction of sp³-hybridized carbons (Fsp3) is 0.474. The Morgan fingerprint density at radius 1 is 1.26 bits per heavy atom. The average Bonchev–Trinajstić information content (AvgIpc) is 3.38. The molecule has 8 nitrogen and oxygen atoms in total. The lowest BCUT2D eigenvalue weighted by atomic mass is 9.96. The summed E-state index contributed by atoms with van der Waals surface area (Å²) in [6.07, 6.45) is 3.08. The summed E-state index contributed by atoms with van der Waals surface area (Å²) in [5.41, 5.74) is 0.222. The van der Waals surface area contributed by atoms with Crippen molar-refractivity contribution < 1.29 is 19.2 Å². The van der Waals surface area contributed by atoms with Crippen LogP contribution in [0, 0.1) is 5.92 Å². The lowest BCUT2D eigenvalue weighted by Crippen LogP contribution is -2.46. The molecule has 3 aliphatic rings. The van der Waals surface area contributed by atoms with Crippen molar-refractivity contribution in [2.75, 3.05) is 23.3 Å². The maximum absolute atomic E-state index is 12.6. The van der Waals surface area contributed by atoms with E-state index in [4.69, 9.17) is 0 Å². The Labute approximate surface area is 156 Å². The molecule has 4 rings (SSSR count). The lowest BCUT2D eigenvalue weighted by molar-refractivity contribution is -0.134. The second kappa shape index (κ2) is 6.37. The van der Waals surface area contributed by atoms with Crippen LogP contribution in [-0.2, 0) is 14.4 Å². The number of nitrogens with one attached hydrogen (secondary N) is 2. The van der Waals surface area contributed by atoms with E-state index in [1.165, 1.54) is 0 Å². The van der Waals surface area contributed by atoms with E-state index in [-0.39, 0.29) is 24.3 Å². The highest BCUT2D eigenvalue weighted by molar-refractivity contribution is 6.11. The summed E-state index contributed by atoms with van der Waals surface area (Å²) in [4.78, 5) is 52.0. The largest absolute Gasteiger partial charge is 0.325 e. The highest BCUT2D eigenvalue weighted by Gasteiger charge is 2.56. The molecule has 2 saturated heterocycles. The van der Waals surface area contributed by atoms with Crippen molar-refractivity contribution in [3.8, 4) is 0 Å². The smallest absolute Gasteiger partial charge is 0.323 e. The summed E-state index contributed by atoms with van der Waals surface area (Å²) >= 11 is 0. The Balaban J connectivity index is 1.47. The number of imide groups is 1. The standard InChI is InChI=1S/C19H22N4O4/c1-19(12-8-9-12)17(26)23(18(27)21-19)11-15(24)20-13-5-2-3-6-14(13)22-10-4-7-16(22)25/h2-3,5-6,12H,4,7-11H2,1H3,(H,20,24)(H,21,27). The Morgan fingerprint density at radius 2 is 2.00 bits per heavy atom. The van der Waals surface area contributed by atoms with Crippen LogP contribution in [0.5, 0.6) is 0 Å². The molecular weight excluding hydrogens is 348 g/mol. The van der Waals surface area contributed by atoms with Crippen LogP contribution in [0.3, 0.4) is 0 Å². The third kappa shape index (κ3) is 3.05. The van der Waals surface area contributed by atoms with Gasteiger partial charge in [-0.15, -0.1) is 0 Å². The first-order chi connectivity index (χ1) is 12.9. The van der Waals surface area contributed by atoms with Gasteiger partial charge in [-0.25, -0.2) is 4.79 Å². The summed E-state index contributed by atoms with van der Waals surface area (Å²) in [5, 5.41) is 5.47. The topological polar surface area (TPSA) is 98.8 Å². The molecule has 0 spiro atoms. The molecule has 1 saturated carbocycles. The summed E-state index contributed by atoms with van der Waals surface area (Å²) in [6.45, 7) is 1.98. The zero-order valence-corrected chi connectivity index (χ0v) is 15.2. The maximum Gasteiger partial charge on any atom is 0.325 e. The first kappa shape index (κ1) is 17.5. The van der Waals surface area contributed by atoms with Gasteiger partial charge >= 0.3 is 6.03 Å². The van der Waals surface area contributed by atoms with Gasteiger partial charge in [0.25, 0.3) is 5.91 Å². The number of carbonyl (C=O) groups excluding carboxylic acids is 4. The number of benzene rings is 1. The quantitative estimate of drug-likeness (QED) is 0.767. The van der Waals surface area contributed by atoms with Gasteiger partial charge in [-0.1, -0.05) is 12.1 Å². The highest BCUT2D eigenvalue weighted by Crippen LogP contribution is 2.42. The normalized spacial score (nSPS) is 25.1. The number of amides is 5. The lowest BCUT2D eigenvalue weighted by Gasteiger charge is -2.22. The maximum atomic E-state index is 12.6. The van der Waals surface area contributed by atoms with Gasteiger partial charge in [0.2, 0.25) is 11.8 Å². The van der Waals surface area contributed by atoms with Gasteiger partial charge in [0.1, 0.15) is 12.1 Å². The van der Waals surface area contributed by atoms with Gasteiger partial charge in [0.05, 0.1) is 11.4 Å². The van der Waals surface area contributed by atoms with E-state index in [1.807, 2.05) is 0 Å². The number of para-hydroxylation sites is 2. The second-order valence-corrected chi connectivity index (χ2v) is 7.51. The molecule has 1 atom stereocenters. The van der Waals surface area contributed by atoms with Crippen LogP contribution in [0.1, 0.15) is 32.6 Å². The van der Waals surface area contributed by atoms with E-state index >= 15 is 0 Å². The Morgan fingerprint density at radius 3 is 2.67 bits per heavy atom. The predicted octanol–water partition coefficient (Wildman–Crippen LogP) is 1.47. The number of carbonyl (C=O) groups is 4. The molecule has 2 heterocycles. The van der Waals surface area contributed by atoms with E-state index in [0.717, 1.165) is 24.2 Å². The van der Waals surface area contributed by atoms with Crippen molar-refractivity contribution >= 4 is 35.1 Å². The van der Waals surface area contributed by atoms with Crippen LogP contribution < -0.4 is 15.5 Å². The average molecular weight is 370 g/mol. The summed E-state index contributed by atoms with van der Waals surface area (Å²) in [6, 6.07) is 6.51. The molecule has 3 fully saturated rings. The summed E-state index contributed by atoms with van der Waals surface area (Å²) < 4.78 is 0. The minimum Gasteiger partial charge on any atom is -0.323 e. The first-order valence-electron chi connectivity index (χ1n) is 9.23. The van der Waals surface area contributed by atoms with Crippen LogP contribution in [0.15, 0.2) is 24.3 Å². The van der Waals surface area contributed by atoms with E-state index in [1.54, 1.807) is 36.1 Å². The Bertz CT molecular complexity index is 835. The molecule has 0 radical (unpaired) electrons. The highest BCUT2D eigenvalue weighted by atomic mass is 16.2. The molecule has 27 heavy (non-hydrogen) atoms. The SMILES string of the molecule is CC1(C2CC2)NC(=O)N(CC(=O)Nc2ccccc2N2CCCC2=O)C1=O.